The first-order valence-electron chi connectivity index (χ1n) is 7.52. The largest absolute Gasteiger partial charge is 0.508 e. The van der Waals surface area contributed by atoms with E-state index < -0.39 is 0 Å². The lowest BCUT2D eigenvalue weighted by atomic mass is 10.1. The van der Waals surface area contributed by atoms with Crippen LogP contribution in [-0.4, -0.2) is 39.4 Å². The molecule has 0 unspecified atom stereocenters. The molecule has 2 aromatic carbocycles. The zero-order valence-corrected chi connectivity index (χ0v) is 14.0. The van der Waals surface area contributed by atoms with Gasteiger partial charge in [0.25, 0.3) is 0 Å². The lowest BCUT2D eigenvalue weighted by Crippen LogP contribution is -2.14. The second-order valence-electron chi connectivity index (χ2n) is 5.27. The molecule has 1 heterocycles. The van der Waals surface area contributed by atoms with Crippen molar-refractivity contribution in [2.75, 3.05) is 12.5 Å². The molecule has 6 nitrogen and oxygen atoms in total. The normalized spacial score (nSPS) is 12.4. The number of fused-ring (bicyclic) bond motifs is 1. The highest BCUT2D eigenvalue weighted by atomic mass is 35.5. The molecule has 0 spiro atoms. The van der Waals surface area contributed by atoms with Gasteiger partial charge < -0.3 is 20.1 Å². The maximum Gasteiger partial charge on any atom is 0.169 e. The van der Waals surface area contributed by atoms with Crippen LogP contribution in [0.25, 0.3) is 0 Å². The van der Waals surface area contributed by atoms with E-state index in [-0.39, 0.29) is 46.7 Å². The van der Waals surface area contributed by atoms with E-state index in [2.05, 4.69) is 0 Å². The fourth-order valence-electron chi connectivity index (χ4n) is 2.23. The van der Waals surface area contributed by atoms with Gasteiger partial charge in [0.1, 0.15) is 23.0 Å². The van der Waals surface area contributed by atoms with Crippen LogP contribution in [0.5, 0.6) is 23.0 Å². The monoisotopic (exact) mass is 364 g/mol. The van der Waals surface area contributed by atoms with Crippen LogP contribution in [0.1, 0.15) is 33.6 Å². The maximum atomic E-state index is 11.3. The van der Waals surface area contributed by atoms with Crippen molar-refractivity contribution in [1.29, 1.82) is 0 Å². The van der Waals surface area contributed by atoms with Crippen molar-refractivity contribution in [2.45, 2.75) is 12.8 Å². The molecular formula is C18H17ClO6. The number of ether oxygens (including phenoxy) is 1. The highest BCUT2D eigenvalue weighted by Gasteiger charge is 2.18. The molecule has 0 saturated heterocycles. The summed E-state index contributed by atoms with van der Waals surface area (Å²) < 4.78 is 5.19. The summed E-state index contributed by atoms with van der Waals surface area (Å²) in [6, 6.07) is 8.40. The summed E-state index contributed by atoms with van der Waals surface area (Å²) in [5.41, 5.74) is 0.762. The number of ketones is 2. The van der Waals surface area contributed by atoms with Crippen molar-refractivity contribution in [2.24, 2.45) is 0 Å². The molecule has 3 rings (SSSR count). The summed E-state index contributed by atoms with van der Waals surface area (Å²) in [5.74, 6) is 0.410. The molecule has 0 aliphatic carbocycles. The lowest BCUT2D eigenvalue weighted by molar-refractivity contribution is 0.0932. The fraction of sp³-hybridized carbons (Fsp3) is 0.222. The van der Waals surface area contributed by atoms with E-state index >= 15 is 0 Å². The van der Waals surface area contributed by atoms with Gasteiger partial charge in [0.2, 0.25) is 0 Å². The Balaban J connectivity index is 0.000000181. The van der Waals surface area contributed by atoms with Gasteiger partial charge in [-0.05, 0) is 24.3 Å². The molecule has 1 aliphatic heterocycles. The standard InChI is InChI=1S/C9H9ClO3.C9H8O3/c10-4-3-8(12)7-2-1-6(11)5-9(7)13;10-6-1-2-7-8(11)3-4-12-9(7)5-6/h1-2,5,11,13H,3-4H2;1-2,5,10H,3-4H2. The van der Waals surface area contributed by atoms with Gasteiger partial charge >= 0.3 is 0 Å². The topological polar surface area (TPSA) is 104 Å². The molecular weight excluding hydrogens is 348 g/mol. The molecule has 132 valence electrons. The van der Waals surface area contributed by atoms with Crippen molar-refractivity contribution in [3.8, 4) is 23.0 Å². The van der Waals surface area contributed by atoms with E-state index in [9.17, 15) is 14.7 Å². The highest BCUT2D eigenvalue weighted by Crippen LogP contribution is 2.28. The van der Waals surface area contributed by atoms with E-state index in [1.165, 1.54) is 24.3 Å². The molecule has 0 aromatic heterocycles. The Kier molecular flexibility index (Phi) is 6.25. The molecule has 1 aliphatic rings. The SMILES string of the molecule is O=C(CCCl)c1ccc(O)cc1O.O=C1CCOc2cc(O)ccc21. The van der Waals surface area contributed by atoms with E-state index in [0.29, 0.717) is 24.3 Å². The third-order valence-electron chi connectivity index (χ3n) is 3.46. The summed E-state index contributed by atoms with van der Waals surface area (Å²) in [4.78, 5) is 22.5. The number of carbonyl (C=O) groups excluding carboxylic acids is 2. The number of hydrogen-bond donors (Lipinski definition) is 3. The van der Waals surface area contributed by atoms with Crippen LogP contribution in [0.15, 0.2) is 36.4 Å². The molecule has 0 saturated carbocycles. The molecule has 0 atom stereocenters. The van der Waals surface area contributed by atoms with E-state index in [4.69, 9.17) is 26.6 Å². The Hall–Kier alpha value is -2.73. The number of alkyl halides is 1. The Labute approximate surface area is 149 Å². The van der Waals surface area contributed by atoms with Crippen LogP contribution in [0.3, 0.4) is 0 Å². The number of rotatable bonds is 3. The van der Waals surface area contributed by atoms with Crippen LogP contribution in [0.4, 0.5) is 0 Å². The zero-order chi connectivity index (χ0) is 18.4. The molecule has 0 amide bonds. The first-order valence-corrected chi connectivity index (χ1v) is 8.06. The smallest absolute Gasteiger partial charge is 0.169 e. The van der Waals surface area contributed by atoms with Crippen molar-refractivity contribution < 1.29 is 29.6 Å². The molecule has 0 radical (unpaired) electrons. The molecule has 25 heavy (non-hydrogen) atoms. The molecule has 0 fully saturated rings. The summed E-state index contributed by atoms with van der Waals surface area (Å²) in [5, 5.41) is 27.3. The summed E-state index contributed by atoms with van der Waals surface area (Å²) >= 11 is 5.38. The Morgan fingerprint density at radius 2 is 1.76 bits per heavy atom. The van der Waals surface area contributed by atoms with E-state index in [1.807, 2.05) is 0 Å². The van der Waals surface area contributed by atoms with Crippen LogP contribution in [0, 0.1) is 0 Å². The van der Waals surface area contributed by atoms with Gasteiger partial charge in [-0.2, -0.15) is 0 Å². The predicted octanol–water partition coefficient (Wildman–Crippen LogP) is 3.27. The number of benzene rings is 2. The van der Waals surface area contributed by atoms with E-state index in [0.717, 1.165) is 6.07 Å². The fourth-order valence-corrected chi connectivity index (χ4v) is 2.40. The van der Waals surface area contributed by atoms with Crippen molar-refractivity contribution in [3.63, 3.8) is 0 Å². The number of hydrogen-bond acceptors (Lipinski definition) is 6. The van der Waals surface area contributed by atoms with Gasteiger partial charge in [0.15, 0.2) is 11.6 Å². The Morgan fingerprint density at radius 3 is 2.44 bits per heavy atom. The highest BCUT2D eigenvalue weighted by molar-refractivity contribution is 6.19. The number of aromatic hydroxyl groups is 3. The third kappa shape index (κ3) is 4.87. The van der Waals surface area contributed by atoms with Gasteiger partial charge in [-0.1, -0.05) is 0 Å². The molecule has 3 N–H and O–H groups in total. The van der Waals surface area contributed by atoms with Crippen molar-refractivity contribution in [1.82, 2.24) is 0 Å². The quantitative estimate of drug-likeness (QED) is 0.570. The maximum absolute atomic E-state index is 11.3. The van der Waals surface area contributed by atoms with Crippen LogP contribution >= 0.6 is 11.6 Å². The predicted molar refractivity (Wildman–Crippen MR) is 92.0 cm³/mol. The second kappa shape index (κ2) is 8.39. The molecule has 7 heteroatoms. The molecule has 0 bridgehead atoms. The van der Waals surface area contributed by atoms with Gasteiger partial charge in [-0.3, -0.25) is 9.59 Å². The van der Waals surface area contributed by atoms with Crippen molar-refractivity contribution in [3.05, 3.63) is 47.5 Å². The van der Waals surface area contributed by atoms with Gasteiger partial charge in [0.05, 0.1) is 17.7 Å². The van der Waals surface area contributed by atoms with Crippen molar-refractivity contribution >= 4 is 23.2 Å². The number of halogens is 1. The second-order valence-corrected chi connectivity index (χ2v) is 5.64. The number of Topliss-reactive ketones (excluding diaryl/α,β-unsaturated/α-hetero) is 2. The summed E-state index contributed by atoms with van der Waals surface area (Å²) in [7, 11) is 0. The Morgan fingerprint density at radius 1 is 1.08 bits per heavy atom. The van der Waals surface area contributed by atoms with Gasteiger partial charge in [-0.25, -0.2) is 0 Å². The van der Waals surface area contributed by atoms with Gasteiger partial charge in [0, 0.05) is 30.9 Å². The minimum Gasteiger partial charge on any atom is -0.508 e. The number of phenolic OH excluding ortho intramolecular Hbond substituents is 3. The lowest BCUT2D eigenvalue weighted by Gasteiger charge is -2.15. The minimum absolute atomic E-state index is 0.0695. The number of phenols is 3. The van der Waals surface area contributed by atoms with Crippen LogP contribution in [-0.2, 0) is 0 Å². The van der Waals surface area contributed by atoms with Crippen LogP contribution in [0.2, 0.25) is 0 Å². The summed E-state index contributed by atoms with van der Waals surface area (Å²) in [6.07, 6.45) is 0.609. The van der Waals surface area contributed by atoms with Gasteiger partial charge in [-0.15, -0.1) is 11.6 Å². The zero-order valence-electron chi connectivity index (χ0n) is 13.2. The van der Waals surface area contributed by atoms with E-state index in [1.54, 1.807) is 6.07 Å². The average Bonchev–Trinajstić information content (AvgIpc) is 2.55. The third-order valence-corrected chi connectivity index (χ3v) is 3.64. The summed E-state index contributed by atoms with van der Waals surface area (Å²) in [6.45, 7) is 0.412. The average molecular weight is 365 g/mol. The number of carbonyl (C=O) groups is 2. The molecule has 2 aromatic rings. The first-order chi connectivity index (χ1) is 11.9. The van der Waals surface area contributed by atoms with Crippen LogP contribution < -0.4 is 4.74 Å². The minimum atomic E-state index is -0.229. The Bertz CT molecular complexity index is 787. The first kappa shape index (κ1) is 18.6.